The molecular weight excluding hydrogens is 346 g/mol. The Morgan fingerprint density at radius 3 is 2.63 bits per heavy atom. The van der Waals surface area contributed by atoms with Gasteiger partial charge in [0, 0.05) is 56.4 Å². The third kappa shape index (κ3) is 5.02. The molecule has 0 bridgehead atoms. The van der Waals surface area contributed by atoms with Crippen molar-refractivity contribution >= 4 is 17.7 Å². The zero-order valence-corrected chi connectivity index (χ0v) is 16.0. The minimum Gasteiger partial charge on any atom is -0.453 e. The summed E-state index contributed by atoms with van der Waals surface area (Å²) in [5.74, 6) is 1.45. The number of carbonyl (C=O) groups excluding carboxylic acids is 1. The smallest absolute Gasteiger partial charge is 0.317 e. The molecule has 3 rings (SSSR count). The minimum atomic E-state index is -0.0711. The molecular formula is C18H25N7O2. The Bertz CT molecular complexity index is 791. The lowest BCUT2D eigenvalue weighted by Gasteiger charge is -2.34. The van der Waals surface area contributed by atoms with Crippen molar-refractivity contribution in [3.63, 3.8) is 0 Å². The average molecular weight is 371 g/mol. The molecule has 0 saturated carbocycles. The second-order valence-corrected chi connectivity index (χ2v) is 6.36. The number of nitrogens with one attached hydrogen (secondary N) is 1. The quantitative estimate of drug-likeness (QED) is 0.805. The van der Waals surface area contributed by atoms with Crippen LogP contribution in [-0.2, 0) is 4.79 Å². The lowest BCUT2D eigenvalue weighted by Crippen LogP contribution is -2.50. The highest BCUT2D eigenvalue weighted by Crippen LogP contribution is 2.16. The van der Waals surface area contributed by atoms with Crippen molar-refractivity contribution in [2.45, 2.75) is 20.8 Å². The van der Waals surface area contributed by atoms with Crippen LogP contribution in [0.2, 0.25) is 0 Å². The normalized spacial score (nSPS) is 14.2. The van der Waals surface area contributed by atoms with E-state index in [0.717, 1.165) is 23.8 Å². The summed E-state index contributed by atoms with van der Waals surface area (Å²) in [6, 6.07) is 3.94. The van der Waals surface area contributed by atoms with Crippen LogP contribution in [0, 0.1) is 13.8 Å². The van der Waals surface area contributed by atoms with Crippen molar-refractivity contribution in [3.8, 4) is 6.01 Å². The van der Waals surface area contributed by atoms with Crippen molar-refractivity contribution in [3.05, 3.63) is 29.7 Å². The van der Waals surface area contributed by atoms with E-state index in [0.29, 0.717) is 32.1 Å². The fourth-order valence-electron chi connectivity index (χ4n) is 2.83. The van der Waals surface area contributed by atoms with Gasteiger partial charge in [-0.2, -0.15) is 4.98 Å². The van der Waals surface area contributed by atoms with Crippen LogP contribution in [0.1, 0.15) is 18.3 Å². The van der Waals surface area contributed by atoms with Gasteiger partial charge < -0.3 is 19.9 Å². The topological polar surface area (TPSA) is 96.4 Å². The number of ether oxygens (including phenoxy) is 1. The van der Waals surface area contributed by atoms with E-state index >= 15 is 0 Å². The van der Waals surface area contributed by atoms with E-state index in [1.54, 1.807) is 17.2 Å². The van der Waals surface area contributed by atoms with Gasteiger partial charge >= 0.3 is 6.01 Å². The predicted octanol–water partition coefficient (Wildman–Crippen LogP) is 1.04. The minimum absolute atomic E-state index is 0.0605. The van der Waals surface area contributed by atoms with Gasteiger partial charge in [0.05, 0.1) is 0 Å². The molecule has 2 aromatic rings. The van der Waals surface area contributed by atoms with Crippen molar-refractivity contribution in [2.75, 3.05) is 49.5 Å². The summed E-state index contributed by atoms with van der Waals surface area (Å²) in [4.78, 5) is 33.5. The molecule has 9 nitrogen and oxygen atoms in total. The molecule has 3 heterocycles. The molecule has 1 N–H and O–H groups in total. The monoisotopic (exact) mass is 371 g/mol. The first-order valence-corrected chi connectivity index (χ1v) is 9.10. The molecule has 1 aliphatic rings. The molecule has 0 unspecified atom stereocenters. The van der Waals surface area contributed by atoms with E-state index in [1.165, 1.54) is 0 Å². The van der Waals surface area contributed by atoms with E-state index in [1.807, 2.05) is 26.8 Å². The van der Waals surface area contributed by atoms with E-state index in [-0.39, 0.29) is 18.5 Å². The highest BCUT2D eigenvalue weighted by atomic mass is 16.5. The van der Waals surface area contributed by atoms with E-state index in [9.17, 15) is 4.79 Å². The summed E-state index contributed by atoms with van der Waals surface area (Å²) in [6.07, 6.45) is 1.62. The summed E-state index contributed by atoms with van der Waals surface area (Å²) in [5.41, 5.74) is 1.72. The lowest BCUT2D eigenvalue weighted by atomic mass is 10.3. The molecule has 0 aromatic carbocycles. The maximum atomic E-state index is 12.4. The standard InChI is InChI=1S/C18H25N7O2/c1-4-19-15-11-14(3)21-17(23-15)25-9-7-24(8-10-25)16(26)12-27-18-20-6-5-13(2)22-18/h5-6,11H,4,7-10,12H2,1-3H3,(H,19,21,23). The van der Waals surface area contributed by atoms with Crippen molar-refractivity contribution in [1.29, 1.82) is 0 Å². The summed E-state index contributed by atoms with van der Waals surface area (Å²) < 4.78 is 5.41. The van der Waals surface area contributed by atoms with Gasteiger partial charge in [0.2, 0.25) is 5.95 Å². The van der Waals surface area contributed by atoms with Gasteiger partial charge in [-0.15, -0.1) is 0 Å². The second-order valence-electron chi connectivity index (χ2n) is 6.36. The first kappa shape index (κ1) is 18.8. The molecule has 1 fully saturated rings. The number of piperazine rings is 1. The maximum absolute atomic E-state index is 12.4. The first-order chi connectivity index (χ1) is 13.0. The molecule has 9 heteroatoms. The highest BCUT2D eigenvalue weighted by molar-refractivity contribution is 5.78. The average Bonchev–Trinajstić information content (AvgIpc) is 2.66. The van der Waals surface area contributed by atoms with Crippen molar-refractivity contribution < 1.29 is 9.53 Å². The molecule has 2 aromatic heterocycles. The van der Waals surface area contributed by atoms with Crippen molar-refractivity contribution in [2.24, 2.45) is 0 Å². The number of aryl methyl sites for hydroxylation is 2. The van der Waals surface area contributed by atoms with Crippen LogP contribution < -0.4 is 15.0 Å². The Kier molecular flexibility index (Phi) is 6.00. The number of nitrogens with zero attached hydrogens (tertiary/aromatic N) is 6. The van der Waals surface area contributed by atoms with Gasteiger partial charge in [-0.1, -0.05) is 0 Å². The van der Waals surface area contributed by atoms with Gasteiger partial charge in [-0.25, -0.2) is 15.0 Å². The number of hydrogen-bond acceptors (Lipinski definition) is 8. The number of carbonyl (C=O) groups is 1. The van der Waals surface area contributed by atoms with Gasteiger partial charge in [-0.05, 0) is 26.8 Å². The molecule has 27 heavy (non-hydrogen) atoms. The second kappa shape index (κ2) is 8.61. The summed E-state index contributed by atoms with van der Waals surface area (Å²) in [5, 5.41) is 3.22. The van der Waals surface area contributed by atoms with Gasteiger partial charge in [-0.3, -0.25) is 4.79 Å². The third-order valence-electron chi connectivity index (χ3n) is 4.21. The van der Waals surface area contributed by atoms with Crippen molar-refractivity contribution in [1.82, 2.24) is 24.8 Å². The van der Waals surface area contributed by atoms with Crippen LogP contribution >= 0.6 is 0 Å². The Balaban J connectivity index is 1.53. The lowest BCUT2D eigenvalue weighted by molar-refractivity contribution is -0.133. The van der Waals surface area contributed by atoms with Crippen LogP contribution in [0.5, 0.6) is 6.01 Å². The van der Waals surface area contributed by atoms with Crippen LogP contribution in [0.4, 0.5) is 11.8 Å². The summed E-state index contributed by atoms with van der Waals surface area (Å²) >= 11 is 0. The first-order valence-electron chi connectivity index (χ1n) is 9.10. The number of anilines is 2. The SMILES string of the molecule is CCNc1cc(C)nc(N2CCN(C(=O)COc3nccc(C)n3)CC2)n1. The number of aromatic nitrogens is 4. The highest BCUT2D eigenvalue weighted by Gasteiger charge is 2.23. The zero-order valence-electron chi connectivity index (χ0n) is 16.0. The van der Waals surface area contributed by atoms with E-state index in [2.05, 4.69) is 30.2 Å². The summed E-state index contributed by atoms with van der Waals surface area (Å²) in [6.45, 7) is 9.16. The van der Waals surface area contributed by atoms with Crippen LogP contribution in [0.15, 0.2) is 18.3 Å². The molecule has 1 aliphatic heterocycles. The molecule has 0 atom stereocenters. The molecule has 0 spiro atoms. The van der Waals surface area contributed by atoms with Crippen LogP contribution in [0.25, 0.3) is 0 Å². The van der Waals surface area contributed by atoms with Crippen LogP contribution in [-0.4, -0.2) is 70.1 Å². The Morgan fingerprint density at radius 1 is 1.15 bits per heavy atom. The van der Waals surface area contributed by atoms with Gasteiger partial charge in [0.25, 0.3) is 5.91 Å². The van der Waals surface area contributed by atoms with Gasteiger partial charge in [0.15, 0.2) is 6.61 Å². The van der Waals surface area contributed by atoms with E-state index < -0.39 is 0 Å². The molecule has 1 amide bonds. The molecule has 1 saturated heterocycles. The Morgan fingerprint density at radius 2 is 1.93 bits per heavy atom. The fraction of sp³-hybridized carbons (Fsp3) is 0.500. The summed E-state index contributed by atoms with van der Waals surface area (Å²) in [7, 11) is 0. The number of amides is 1. The van der Waals surface area contributed by atoms with E-state index in [4.69, 9.17) is 4.74 Å². The van der Waals surface area contributed by atoms with Gasteiger partial charge in [0.1, 0.15) is 5.82 Å². The molecule has 0 aliphatic carbocycles. The predicted molar refractivity (Wildman–Crippen MR) is 102 cm³/mol. The van der Waals surface area contributed by atoms with Crippen LogP contribution in [0.3, 0.4) is 0 Å². The zero-order chi connectivity index (χ0) is 19.2. The number of rotatable bonds is 6. The fourth-order valence-corrected chi connectivity index (χ4v) is 2.83. The Labute approximate surface area is 158 Å². The largest absolute Gasteiger partial charge is 0.453 e. The third-order valence-corrected chi connectivity index (χ3v) is 4.21. The maximum Gasteiger partial charge on any atom is 0.317 e. The Hall–Kier alpha value is -2.97. The number of hydrogen-bond donors (Lipinski definition) is 1. The molecule has 144 valence electrons. The molecule has 0 radical (unpaired) electrons.